The average molecular weight is 264 g/mol. The minimum Gasteiger partial charge on any atom is -0.302 e. The first-order valence-electron chi connectivity index (χ1n) is 6.68. The molecule has 0 amide bonds. The zero-order chi connectivity index (χ0) is 13.8. The Morgan fingerprint density at radius 2 is 1.80 bits per heavy atom. The maximum atomic E-state index is 4.64. The third-order valence-corrected chi connectivity index (χ3v) is 3.22. The minimum absolute atomic E-state index is 0.101. The van der Waals surface area contributed by atoms with E-state index in [1.807, 2.05) is 30.3 Å². The zero-order valence-corrected chi connectivity index (χ0v) is 11.3. The Balaban J connectivity index is 1.70. The molecular weight excluding hydrogens is 248 g/mol. The van der Waals surface area contributed by atoms with Gasteiger partial charge in [0.2, 0.25) is 0 Å². The maximum absolute atomic E-state index is 4.64. The molecule has 0 spiro atoms. The van der Waals surface area contributed by atoms with Crippen molar-refractivity contribution in [1.29, 1.82) is 0 Å². The van der Waals surface area contributed by atoms with Crippen LogP contribution in [0.1, 0.15) is 24.5 Å². The fourth-order valence-electron chi connectivity index (χ4n) is 2.09. The standard InChI is InChI=1S/C16H16N4/c1-12(16-17-9-4-10-18-16)19-11-14-8-7-13-5-2-3-6-15(13)20-14/h2-10,12,19H,11H2,1H3. The Labute approximate surface area is 117 Å². The number of benzene rings is 1. The van der Waals surface area contributed by atoms with Crippen LogP contribution in [0, 0.1) is 0 Å². The summed E-state index contributed by atoms with van der Waals surface area (Å²) in [6.45, 7) is 2.75. The molecule has 0 fully saturated rings. The molecule has 0 aliphatic rings. The first-order valence-corrected chi connectivity index (χ1v) is 6.68. The number of para-hydroxylation sites is 1. The van der Waals surface area contributed by atoms with Crippen molar-refractivity contribution >= 4 is 10.9 Å². The highest BCUT2D eigenvalue weighted by molar-refractivity contribution is 5.78. The number of nitrogens with one attached hydrogen (secondary N) is 1. The molecule has 1 atom stereocenters. The molecule has 2 heterocycles. The van der Waals surface area contributed by atoms with Gasteiger partial charge in [-0.15, -0.1) is 0 Å². The van der Waals surface area contributed by atoms with Gasteiger partial charge in [-0.25, -0.2) is 9.97 Å². The minimum atomic E-state index is 0.101. The lowest BCUT2D eigenvalue weighted by molar-refractivity contribution is 0.541. The largest absolute Gasteiger partial charge is 0.302 e. The van der Waals surface area contributed by atoms with Crippen molar-refractivity contribution in [2.45, 2.75) is 19.5 Å². The molecule has 0 aliphatic carbocycles. The van der Waals surface area contributed by atoms with Gasteiger partial charge in [0.05, 0.1) is 17.3 Å². The number of nitrogens with zero attached hydrogens (tertiary/aromatic N) is 3. The SMILES string of the molecule is CC(NCc1ccc2ccccc2n1)c1ncccn1. The molecule has 0 aliphatic heterocycles. The Bertz CT molecular complexity index is 697. The summed E-state index contributed by atoms with van der Waals surface area (Å²) in [5.74, 6) is 0.799. The fourth-order valence-corrected chi connectivity index (χ4v) is 2.09. The van der Waals surface area contributed by atoms with Gasteiger partial charge in [-0.05, 0) is 25.1 Å². The van der Waals surface area contributed by atoms with Crippen molar-refractivity contribution in [3.05, 3.63) is 66.4 Å². The van der Waals surface area contributed by atoms with Gasteiger partial charge in [-0.3, -0.25) is 4.98 Å². The van der Waals surface area contributed by atoms with Crippen LogP contribution in [0.15, 0.2) is 54.9 Å². The third-order valence-electron chi connectivity index (χ3n) is 3.22. The van der Waals surface area contributed by atoms with Crippen LogP contribution in [-0.4, -0.2) is 15.0 Å². The number of hydrogen-bond acceptors (Lipinski definition) is 4. The monoisotopic (exact) mass is 264 g/mol. The van der Waals surface area contributed by atoms with Crippen molar-refractivity contribution in [3.8, 4) is 0 Å². The summed E-state index contributed by atoms with van der Waals surface area (Å²) in [6.07, 6.45) is 3.52. The summed E-state index contributed by atoms with van der Waals surface area (Å²) in [5, 5.41) is 4.56. The van der Waals surface area contributed by atoms with Gasteiger partial charge >= 0.3 is 0 Å². The van der Waals surface area contributed by atoms with Crippen LogP contribution >= 0.6 is 0 Å². The van der Waals surface area contributed by atoms with Gasteiger partial charge in [0.1, 0.15) is 5.82 Å². The van der Waals surface area contributed by atoms with E-state index in [0.29, 0.717) is 6.54 Å². The van der Waals surface area contributed by atoms with Crippen molar-refractivity contribution in [2.75, 3.05) is 0 Å². The molecule has 1 N–H and O–H groups in total. The van der Waals surface area contributed by atoms with E-state index in [9.17, 15) is 0 Å². The van der Waals surface area contributed by atoms with E-state index in [4.69, 9.17) is 0 Å². The molecule has 20 heavy (non-hydrogen) atoms. The molecule has 3 rings (SSSR count). The summed E-state index contributed by atoms with van der Waals surface area (Å²) >= 11 is 0. The molecule has 1 aromatic carbocycles. The lowest BCUT2D eigenvalue weighted by Gasteiger charge is -2.12. The Hall–Kier alpha value is -2.33. The molecule has 3 aromatic rings. The van der Waals surface area contributed by atoms with Crippen LogP contribution < -0.4 is 5.32 Å². The predicted octanol–water partition coefficient (Wildman–Crippen LogP) is 2.88. The molecule has 1 unspecified atom stereocenters. The van der Waals surface area contributed by atoms with Crippen LogP contribution in [0.2, 0.25) is 0 Å². The highest BCUT2D eigenvalue weighted by atomic mass is 15.0. The molecular formula is C16H16N4. The molecule has 4 heteroatoms. The first-order chi connectivity index (χ1) is 9.83. The van der Waals surface area contributed by atoms with Crippen LogP contribution in [0.25, 0.3) is 10.9 Å². The molecule has 0 saturated heterocycles. The first kappa shape index (κ1) is 12.7. The normalized spacial score (nSPS) is 12.4. The molecule has 0 saturated carbocycles. The van der Waals surface area contributed by atoms with Gasteiger partial charge in [-0.1, -0.05) is 24.3 Å². The van der Waals surface area contributed by atoms with Crippen molar-refractivity contribution < 1.29 is 0 Å². The molecule has 100 valence electrons. The molecule has 4 nitrogen and oxygen atoms in total. The second-order valence-corrected chi connectivity index (χ2v) is 4.70. The van der Waals surface area contributed by atoms with Gasteiger partial charge in [0, 0.05) is 24.3 Å². The smallest absolute Gasteiger partial charge is 0.144 e. The van der Waals surface area contributed by atoms with E-state index in [1.165, 1.54) is 0 Å². The predicted molar refractivity (Wildman–Crippen MR) is 79.0 cm³/mol. The number of pyridine rings is 1. The second kappa shape index (κ2) is 5.75. The average Bonchev–Trinajstić information content (AvgIpc) is 2.53. The second-order valence-electron chi connectivity index (χ2n) is 4.70. The summed E-state index contributed by atoms with van der Waals surface area (Å²) in [5.41, 5.74) is 2.04. The highest BCUT2D eigenvalue weighted by Crippen LogP contribution is 2.12. The topological polar surface area (TPSA) is 50.7 Å². The van der Waals surface area contributed by atoms with E-state index >= 15 is 0 Å². The van der Waals surface area contributed by atoms with Gasteiger partial charge in [0.25, 0.3) is 0 Å². The van der Waals surface area contributed by atoms with Crippen molar-refractivity contribution in [2.24, 2.45) is 0 Å². The Morgan fingerprint density at radius 1 is 1.00 bits per heavy atom. The summed E-state index contributed by atoms with van der Waals surface area (Å²) < 4.78 is 0. The van der Waals surface area contributed by atoms with Gasteiger partial charge < -0.3 is 5.32 Å². The molecule has 2 aromatic heterocycles. The zero-order valence-electron chi connectivity index (χ0n) is 11.3. The van der Waals surface area contributed by atoms with E-state index in [-0.39, 0.29) is 6.04 Å². The molecule has 0 bridgehead atoms. The van der Waals surface area contributed by atoms with Gasteiger partial charge in [-0.2, -0.15) is 0 Å². The van der Waals surface area contributed by atoms with E-state index in [1.54, 1.807) is 12.4 Å². The lowest BCUT2D eigenvalue weighted by atomic mass is 10.2. The third kappa shape index (κ3) is 2.81. The summed E-state index contributed by atoms with van der Waals surface area (Å²) in [4.78, 5) is 13.1. The van der Waals surface area contributed by atoms with Crippen LogP contribution in [0.4, 0.5) is 0 Å². The van der Waals surface area contributed by atoms with Crippen LogP contribution in [-0.2, 0) is 6.54 Å². The molecule has 0 radical (unpaired) electrons. The summed E-state index contributed by atoms with van der Waals surface area (Å²) in [7, 11) is 0. The van der Waals surface area contributed by atoms with E-state index in [2.05, 4.69) is 39.3 Å². The Kier molecular flexibility index (Phi) is 3.65. The quantitative estimate of drug-likeness (QED) is 0.787. The van der Waals surface area contributed by atoms with E-state index in [0.717, 1.165) is 22.4 Å². The van der Waals surface area contributed by atoms with Crippen LogP contribution in [0.5, 0.6) is 0 Å². The lowest BCUT2D eigenvalue weighted by Crippen LogP contribution is -2.20. The number of hydrogen-bond donors (Lipinski definition) is 1. The number of aromatic nitrogens is 3. The Morgan fingerprint density at radius 3 is 2.65 bits per heavy atom. The summed E-state index contributed by atoms with van der Waals surface area (Å²) in [6, 6.07) is 14.2. The van der Waals surface area contributed by atoms with Crippen molar-refractivity contribution in [3.63, 3.8) is 0 Å². The fraction of sp³-hybridized carbons (Fsp3) is 0.188. The van der Waals surface area contributed by atoms with E-state index < -0.39 is 0 Å². The number of rotatable bonds is 4. The maximum Gasteiger partial charge on any atom is 0.144 e. The van der Waals surface area contributed by atoms with Crippen LogP contribution in [0.3, 0.4) is 0 Å². The van der Waals surface area contributed by atoms with Gasteiger partial charge in [0.15, 0.2) is 0 Å². The van der Waals surface area contributed by atoms with Crippen molar-refractivity contribution in [1.82, 2.24) is 20.3 Å². The highest BCUT2D eigenvalue weighted by Gasteiger charge is 2.07. The number of fused-ring (bicyclic) bond motifs is 1.